The van der Waals surface area contributed by atoms with Crippen LogP contribution in [0.3, 0.4) is 0 Å². The SMILES string of the molecule is CCOC(=O)C1=C(c2ccccc2)N=c2s/c(=C\c3cc(Cl)c(OC(C)C)c(OC)c3)c(=O)n2[C@H]1c1ccc(OC)c(OC)c1. The predicted octanol–water partition coefficient (Wildman–Crippen LogP) is 5.40. The number of rotatable bonds is 10. The number of hydrogen-bond acceptors (Lipinski definition) is 9. The Balaban J connectivity index is 1.80. The number of nitrogens with zero attached hydrogens (tertiary/aromatic N) is 2. The van der Waals surface area contributed by atoms with Gasteiger partial charge in [-0.15, -0.1) is 0 Å². The second kappa shape index (κ2) is 13.6. The third kappa shape index (κ3) is 6.34. The molecule has 0 N–H and O–H groups in total. The highest BCUT2D eigenvalue weighted by atomic mass is 35.5. The zero-order valence-corrected chi connectivity index (χ0v) is 27.3. The van der Waals surface area contributed by atoms with Crippen molar-refractivity contribution in [3.05, 3.63) is 108 Å². The molecule has 4 aromatic rings. The molecule has 2 heterocycles. The highest BCUT2D eigenvalue weighted by Gasteiger charge is 2.35. The van der Waals surface area contributed by atoms with Crippen LogP contribution in [0.4, 0.5) is 0 Å². The predicted molar refractivity (Wildman–Crippen MR) is 174 cm³/mol. The van der Waals surface area contributed by atoms with E-state index < -0.39 is 12.0 Å². The Hall–Kier alpha value is -4.54. The zero-order chi connectivity index (χ0) is 32.2. The number of fused-ring (bicyclic) bond motifs is 1. The fraction of sp³-hybridized carbons (Fsp3) is 0.265. The van der Waals surface area contributed by atoms with Crippen molar-refractivity contribution >= 4 is 40.7 Å². The summed E-state index contributed by atoms with van der Waals surface area (Å²) in [4.78, 5) is 33.3. The fourth-order valence-corrected chi connectivity index (χ4v) is 6.37. The highest BCUT2D eigenvalue weighted by molar-refractivity contribution is 7.07. The van der Waals surface area contributed by atoms with E-state index in [1.807, 2.05) is 44.2 Å². The summed E-state index contributed by atoms with van der Waals surface area (Å²) in [6, 6.07) is 17.2. The van der Waals surface area contributed by atoms with Gasteiger partial charge in [-0.05, 0) is 62.2 Å². The van der Waals surface area contributed by atoms with E-state index in [4.69, 9.17) is 40.3 Å². The summed E-state index contributed by atoms with van der Waals surface area (Å²) in [5.41, 5.74) is 2.27. The van der Waals surface area contributed by atoms with Crippen LogP contribution in [0, 0.1) is 0 Å². The smallest absolute Gasteiger partial charge is 0.338 e. The lowest BCUT2D eigenvalue weighted by Crippen LogP contribution is -2.40. The largest absolute Gasteiger partial charge is 0.493 e. The average Bonchev–Trinajstić information content (AvgIpc) is 3.35. The lowest BCUT2D eigenvalue weighted by Gasteiger charge is -2.26. The molecule has 0 spiro atoms. The molecule has 0 amide bonds. The molecule has 1 atom stereocenters. The van der Waals surface area contributed by atoms with Crippen LogP contribution in [0.5, 0.6) is 23.0 Å². The van der Waals surface area contributed by atoms with Crippen molar-refractivity contribution in [2.24, 2.45) is 4.99 Å². The van der Waals surface area contributed by atoms with E-state index in [1.165, 1.54) is 30.1 Å². The lowest BCUT2D eigenvalue weighted by atomic mass is 9.93. The van der Waals surface area contributed by atoms with Gasteiger partial charge in [0.2, 0.25) is 0 Å². The Morgan fingerprint density at radius 3 is 2.36 bits per heavy atom. The molecule has 0 aliphatic carbocycles. The van der Waals surface area contributed by atoms with Gasteiger partial charge in [-0.25, -0.2) is 9.79 Å². The van der Waals surface area contributed by atoms with Crippen molar-refractivity contribution in [3.63, 3.8) is 0 Å². The first-order valence-corrected chi connectivity index (χ1v) is 15.4. The molecule has 0 saturated heterocycles. The first-order valence-electron chi connectivity index (χ1n) is 14.2. The number of methoxy groups -OCH3 is 3. The van der Waals surface area contributed by atoms with Crippen molar-refractivity contribution < 1.29 is 28.5 Å². The molecule has 0 unspecified atom stereocenters. The molecule has 9 nitrogen and oxygen atoms in total. The molecule has 5 rings (SSSR count). The third-order valence-corrected chi connectivity index (χ3v) is 8.26. The molecule has 0 saturated carbocycles. The summed E-state index contributed by atoms with van der Waals surface area (Å²) >= 11 is 7.79. The average molecular weight is 649 g/mol. The van der Waals surface area contributed by atoms with Crippen LogP contribution in [-0.4, -0.2) is 44.6 Å². The number of aromatic nitrogens is 1. The van der Waals surface area contributed by atoms with Crippen molar-refractivity contribution in [2.75, 3.05) is 27.9 Å². The Bertz CT molecular complexity index is 1950. The topological polar surface area (TPSA) is 97.6 Å². The van der Waals surface area contributed by atoms with Gasteiger partial charge < -0.3 is 23.7 Å². The van der Waals surface area contributed by atoms with Gasteiger partial charge in [-0.2, -0.15) is 0 Å². The van der Waals surface area contributed by atoms with E-state index in [1.54, 1.807) is 50.4 Å². The molecule has 45 heavy (non-hydrogen) atoms. The number of carbonyl (C=O) groups excluding carboxylic acids is 1. The van der Waals surface area contributed by atoms with Crippen LogP contribution in [0.25, 0.3) is 11.8 Å². The molecule has 1 aliphatic rings. The highest BCUT2D eigenvalue weighted by Crippen LogP contribution is 2.39. The van der Waals surface area contributed by atoms with Gasteiger partial charge in [0.25, 0.3) is 5.56 Å². The number of carbonyl (C=O) groups is 1. The Morgan fingerprint density at radius 2 is 1.71 bits per heavy atom. The first kappa shape index (κ1) is 31.9. The van der Waals surface area contributed by atoms with Crippen molar-refractivity contribution in [2.45, 2.75) is 32.9 Å². The maximum atomic E-state index is 14.3. The molecule has 0 bridgehead atoms. The monoisotopic (exact) mass is 648 g/mol. The van der Waals surface area contributed by atoms with E-state index in [0.717, 1.165) is 0 Å². The lowest BCUT2D eigenvalue weighted by molar-refractivity contribution is -0.138. The molecular formula is C34H33ClN2O7S. The van der Waals surface area contributed by atoms with Gasteiger partial charge in [0.05, 0.1) is 60.9 Å². The molecule has 234 valence electrons. The molecular weight excluding hydrogens is 616 g/mol. The number of halogens is 1. The minimum Gasteiger partial charge on any atom is -0.493 e. The Morgan fingerprint density at radius 1 is 1.00 bits per heavy atom. The summed E-state index contributed by atoms with van der Waals surface area (Å²) in [5.74, 6) is 1.24. The maximum Gasteiger partial charge on any atom is 0.338 e. The molecule has 1 aliphatic heterocycles. The number of hydrogen-bond donors (Lipinski definition) is 0. The van der Waals surface area contributed by atoms with E-state index in [2.05, 4.69) is 0 Å². The van der Waals surface area contributed by atoms with E-state index in [9.17, 15) is 9.59 Å². The van der Waals surface area contributed by atoms with E-state index in [0.29, 0.717) is 59.7 Å². The summed E-state index contributed by atoms with van der Waals surface area (Å²) in [7, 11) is 4.60. The van der Waals surface area contributed by atoms with Crippen LogP contribution in [0.15, 0.2) is 76.0 Å². The van der Waals surface area contributed by atoms with Gasteiger partial charge in [0.1, 0.15) is 0 Å². The van der Waals surface area contributed by atoms with Crippen LogP contribution in [-0.2, 0) is 9.53 Å². The standard InChI is InChI=1S/C34H33ClN2O7S/c1-7-43-33(39)28-29(21-11-9-8-10-12-21)36-34-37(30(28)22-13-14-24(40-4)25(18-22)41-5)32(38)27(45-34)17-20-15-23(35)31(44-19(2)3)26(16-20)42-6/h8-19,30H,7H2,1-6H3/b27-17-/t30-/m0/s1. The minimum absolute atomic E-state index is 0.116. The van der Waals surface area contributed by atoms with Crippen molar-refractivity contribution in [1.82, 2.24) is 4.57 Å². The maximum absolute atomic E-state index is 14.3. The third-order valence-electron chi connectivity index (χ3n) is 7.00. The fourth-order valence-electron chi connectivity index (χ4n) is 5.10. The van der Waals surface area contributed by atoms with E-state index >= 15 is 0 Å². The summed E-state index contributed by atoms with van der Waals surface area (Å²) in [5, 5.41) is 0.348. The second-order valence-electron chi connectivity index (χ2n) is 10.2. The molecule has 11 heteroatoms. The van der Waals surface area contributed by atoms with Crippen molar-refractivity contribution in [1.29, 1.82) is 0 Å². The quantitative estimate of drug-likeness (QED) is 0.212. The van der Waals surface area contributed by atoms with Crippen molar-refractivity contribution in [3.8, 4) is 23.0 Å². The normalized spacial score (nSPS) is 14.6. The Kier molecular flexibility index (Phi) is 9.65. The van der Waals surface area contributed by atoms with Crippen LogP contribution in [0.1, 0.15) is 43.5 Å². The first-order chi connectivity index (χ1) is 21.7. The zero-order valence-electron chi connectivity index (χ0n) is 25.8. The van der Waals surface area contributed by atoms with Crippen LogP contribution >= 0.6 is 22.9 Å². The summed E-state index contributed by atoms with van der Waals surface area (Å²) in [6.45, 7) is 5.67. The molecule has 1 aromatic heterocycles. The van der Waals surface area contributed by atoms with Gasteiger partial charge in [0, 0.05) is 5.56 Å². The van der Waals surface area contributed by atoms with Gasteiger partial charge in [-0.3, -0.25) is 9.36 Å². The number of esters is 1. The Labute approximate surface area is 269 Å². The molecule has 0 fully saturated rings. The number of ether oxygens (including phenoxy) is 5. The summed E-state index contributed by atoms with van der Waals surface area (Å²) in [6.07, 6.45) is 1.61. The minimum atomic E-state index is -0.877. The number of thiazole rings is 1. The molecule has 3 aromatic carbocycles. The summed E-state index contributed by atoms with van der Waals surface area (Å²) < 4.78 is 29.9. The van der Waals surface area contributed by atoms with Gasteiger partial charge in [-0.1, -0.05) is 59.3 Å². The molecule has 0 radical (unpaired) electrons. The van der Waals surface area contributed by atoms with E-state index in [-0.39, 0.29) is 23.8 Å². The van der Waals surface area contributed by atoms with Crippen LogP contribution in [0.2, 0.25) is 5.02 Å². The number of benzene rings is 3. The second-order valence-corrected chi connectivity index (χ2v) is 11.7. The van der Waals surface area contributed by atoms with Crippen LogP contribution < -0.4 is 33.8 Å². The van der Waals surface area contributed by atoms with Gasteiger partial charge >= 0.3 is 5.97 Å². The van der Waals surface area contributed by atoms with Gasteiger partial charge in [0.15, 0.2) is 27.8 Å².